The molecule has 112 valence electrons. The second kappa shape index (κ2) is 7.79. The first kappa shape index (κ1) is 15.5. The van der Waals surface area contributed by atoms with E-state index in [1.54, 1.807) is 7.11 Å². The van der Waals surface area contributed by atoms with E-state index in [0.717, 1.165) is 30.7 Å². The van der Waals surface area contributed by atoms with Gasteiger partial charge in [0, 0.05) is 33.4 Å². The molecule has 2 unspecified atom stereocenters. The van der Waals surface area contributed by atoms with Crippen LogP contribution >= 0.6 is 0 Å². The second-order valence-corrected chi connectivity index (χ2v) is 7.07. The topological polar surface area (TPSA) is 38.3 Å². The summed E-state index contributed by atoms with van der Waals surface area (Å²) in [6, 6.07) is 8.13. The molecule has 2 rings (SSSR count). The van der Waals surface area contributed by atoms with Crippen LogP contribution < -0.4 is 10.1 Å². The molecule has 0 aliphatic heterocycles. The first-order chi connectivity index (χ1) is 9.76. The van der Waals surface area contributed by atoms with E-state index in [0.29, 0.717) is 11.0 Å². The third kappa shape index (κ3) is 3.83. The Kier molecular flexibility index (Phi) is 6.05. The Morgan fingerprint density at radius 1 is 1.35 bits per heavy atom. The standard InChI is InChI=1S/C16H25NO2S/c1-3-17-15(12-20(18)13-8-4-5-9-13)14-10-6-7-11-16(14)19-2/h6-7,10-11,13,15,17H,3-5,8-9,12H2,1-2H3. The average Bonchev–Trinajstić information content (AvgIpc) is 3.01. The van der Waals surface area contributed by atoms with Gasteiger partial charge in [0.1, 0.15) is 5.75 Å². The van der Waals surface area contributed by atoms with E-state index < -0.39 is 10.8 Å². The Labute approximate surface area is 124 Å². The fourth-order valence-electron chi connectivity index (χ4n) is 2.91. The largest absolute Gasteiger partial charge is 0.496 e. The van der Waals surface area contributed by atoms with Crippen LogP contribution in [-0.4, -0.2) is 28.9 Å². The van der Waals surface area contributed by atoms with Crippen LogP contribution in [0.4, 0.5) is 0 Å². The minimum absolute atomic E-state index is 0.109. The molecule has 1 fully saturated rings. The van der Waals surface area contributed by atoms with E-state index in [9.17, 15) is 4.21 Å². The first-order valence-corrected chi connectivity index (χ1v) is 8.88. The van der Waals surface area contributed by atoms with Crippen molar-refractivity contribution in [2.75, 3.05) is 19.4 Å². The lowest BCUT2D eigenvalue weighted by molar-refractivity contribution is 0.402. The molecule has 1 N–H and O–H groups in total. The van der Waals surface area contributed by atoms with Crippen LogP contribution in [0, 0.1) is 0 Å². The van der Waals surface area contributed by atoms with Crippen molar-refractivity contribution in [3.05, 3.63) is 29.8 Å². The molecule has 4 heteroatoms. The summed E-state index contributed by atoms with van der Waals surface area (Å²) in [5, 5.41) is 3.85. The lowest BCUT2D eigenvalue weighted by Gasteiger charge is -2.22. The second-order valence-electron chi connectivity index (χ2n) is 5.31. The molecule has 0 radical (unpaired) electrons. The molecule has 0 bridgehead atoms. The minimum Gasteiger partial charge on any atom is -0.496 e. The van der Waals surface area contributed by atoms with Crippen molar-refractivity contribution in [2.24, 2.45) is 0 Å². The number of hydrogen-bond acceptors (Lipinski definition) is 3. The number of para-hydroxylation sites is 1. The van der Waals surface area contributed by atoms with E-state index in [4.69, 9.17) is 4.74 Å². The summed E-state index contributed by atoms with van der Waals surface area (Å²) < 4.78 is 18.0. The maximum absolute atomic E-state index is 12.5. The van der Waals surface area contributed by atoms with Crippen molar-refractivity contribution in [3.8, 4) is 5.75 Å². The maximum atomic E-state index is 12.5. The van der Waals surface area contributed by atoms with Gasteiger partial charge in [-0.2, -0.15) is 0 Å². The molecule has 2 atom stereocenters. The zero-order valence-corrected chi connectivity index (χ0v) is 13.2. The molecule has 1 aromatic rings. The third-order valence-electron chi connectivity index (χ3n) is 3.97. The number of hydrogen-bond donors (Lipinski definition) is 1. The van der Waals surface area contributed by atoms with Gasteiger partial charge in [0.15, 0.2) is 0 Å². The summed E-state index contributed by atoms with van der Waals surface area (Å²) in [6.45, 7) is 2.95. The van der Waals surface area contributed by atoms with Crippen LogP contribution in [0.3, 0.4) is 0 Å². The molecule has 1 saturated carbocycles. The summed E-state index contributed by atoms with van der Waals surface area (Å²) in [5.41, 5.74) is 1.11. The molecule has 0 heterocycles. The van der Waals surface area contributed by atoms with E-state index in [1.165, 1.54) is 12.8 Å². The highest BCUT2D eigenvalue weighted by molar-refractivity contribution is 7.85. The number of nitrogens with one attached hydrogen (secondary N) is 1. The molecule has 0 saturated heterocycles. The van der Waals surface area contributed by atoms with Crippen LogP contribution in [0.2, 0.25) is 0 Å². The van der Waals surface area contributed by atoms with Crippen molar-refractivity contribution < 1.29 is 8.95 Å². The number of rotatable bonds is 7. The Bertz CT molecular complexity index is 444. The maximum Gasteiger partial charge on any atom is 0.123 e. The number of benzene rings is 1. The summed E-state index contributed by atoms with van der Waals surface area (Å²) >= 11 is 0. The fourth-order valence-corrected chi connectivity index (χ4v) is 4.67. The SMILES string of the molecule is CCNC(CS(=O)C1CCCC1)c1ccccc1OC. The predicted molar refractivity (Wildman–Crippen MR) is 84.7 cm³/mol. The van der Waals surface area contributed by atoms with Crippen LogP contribution in [0.1, 0.15) is 44.2 Å². The van der Waals surface area contributed by atoms with Crippen LogP contribution in [0.5, 0.6) is 5.75 Å². The van der Waals surface area contributed by atoms with Crippen molar-refractivity contribution >= 4 is 10.8 Å². The van der Waals surface area contributed by atoms with Crippen LogP contribution in [0.25, 0.3) is 0 Å². The van der Waals surface area contributed by atoms with Gasteiger partial charge < -0.3 is 10.1 Å². The normalized spacial score (nSPS) is 18.9. The monoisotopic (exact) mass is 295 g/mol. The first-order valence-electron chi connectivity index (χ1n) is 7.49. The molecule has 0 amide bonds. The van der Waals surface area contributed by atoms with Crippen molar-refractivity contribution in [1.82, 2.24) is 5.32 Å². The molecule has 1 aromatic carbocycles. The number of ether oxygens (including phenoxy) is 1. The van der Waals surface area contributed by atoms with E-state index >= 15 is 0 Å². The lowest BCUT2D eigenvalue weighted by atomic mass is 10.1. The van der Waals surface area contributed by atoms with Gasteiger partial charge in [-0.3, -0.25) is 4.21 Å². The number of methoxy groups -OCH3 is 1. The van der Waals surface area contributed by atoms with E-state index in [1.807, 2.05) is 18.2 Å². The Hall–Kier alpha value is -0.870. The Balaban J connectivity index is 2.11. The van der Waals surface area contributed by atoms with Gasteiger partial charge in [-0.15, -0.1) is 0 Å². The average molecular weight is 295 g/mol. The summed E-state index contributed by atoms with van der Waals surface area (Å²) in [7, 11) is 0.935. The fraction of sp³-hybridized carbons (Fsp3) is 0.625. The highest BCUT2D eigenvalue weighted by Gasteiger charge is 2.25. The van der Waals surface area contributed by atoms with Crippen LogP contribution in [0.15, 0.2) is 24.3 Å². The van der Waals surface area contributed by atoms with Crippen LogP contribution in [-0.2, 0) is 10.8 Å². The van der Waals surface area contributed by atoms with Gasteiger partial charge in [-0.1, -0.05) is 38.0 Å². The molecule has 20 heavy (non-hydrogen) atoms. The van der Waals surface area contributed by atoms with Crippen molar-refractivity contribution in [1.29, 1.82) is 0 Å². The summed E-state index contributed by atoms with van der Waals surface area (Å²) in [4.78, 5) is 0. The Morgan fingerprint density at radius 2 is 2.05 bits per heavy atom. The van der Waals surface area contributed by atoms with Gasteiger partial charge in [-0.05, 0) is 25.5 Å². The molecule has 3 nitrogen and oxygen atoms in total. The smallest absolute Gasteiger partial charge is 0.123 e. The highest BCUT2D eigenvalue weighted by Crippen LogP contribution is 2.29. The van der Waals surface area contributed by atoms with Crippen molar-refractivity contribution in [3.63, 3.8) is 0 Å². The van der Waals surface area contributed by atoms with Gasteiger partial charge in [0.05, 0.1) is 7.11 Å². The van der Waals surface area contributed by atoms with E-state index in [-0.39, 0.29) is 6.04 Å². The zero-order chi connectivity index (χ0) is 14.4. The highest BCUT2D eigenvalue weighted by atomic mass is 32.2. The zero-order valence-electron chi connectivity index (χ0n) is 12.4. The minimum atomic E-state index is -0.756. The molecular formula is C16H25NO2S. The molecule has 1 aliphatic rings. The molecule has 0 spiro atoms. The predicted octanol–water partition coefficient (Wildman–Crippen LogP) is 3.04. The molecule has 1 aliphatic carbocycles. The molecule has 0 aromatic heterocycles. The molecular weight excluding hydrogens is 270 g/mol. The van der Waals surface area contributed by atoms with Crippen molar-refractivity contribution in [2.45, 2.75) is 43.9 Å². The van der Waals surface area contributed by atoms with Gasteiger partial charge in [0.2, 0.25) is 0 Å². The van der Waals surface area contributed by atoms with Gasteiger partial charge in [-0.25, -0.2) is 0 Å². The third-order valence-corrected chi connectivity index (χ3v) is 5.85. The lowest BCUT2D eigenvalue weighted by Crippen LogP contribution is -2.29. The quantitative estimate of drug-likeness (QED) is 0.840. The van der Waals surface area contributed by atoms with Gasteiger partial charge >= 0.3 is 0 Å². The van der Waals surface area contributed by atoms with E-state index in [2.05, 4.69) is 18.3 Å². The summed E-state index contributed by atoms with van der Waals surface area (Å²) in [6.07, 6.45) is 4.71. The van der Waals surface area contributed by atoms with Gasteiger partial charge in [0.25, 0.3) is 0 Å². The summed E-state index contributed by atoms with van der Waals surface area (Å²) in [5.74, 6) is 1.56. The Morgan fingerprint density at radius 3 is 2.70 bits per heavy atom.